The van der Waals surface area contributed by atoms with Crippen LogP contribution in [0.4, 0.5) is 0 Å². The molecule has 1 rings (SSSR count). The quantitative estimate of drug-likeness (QED) is 0.482. The number of hydrogen-bond acceptors (Lipinski definition) is 2. The Bertz CT molecular complexity index is 195. The molecule has 0 atom stereocenters. The van der Waals surface area contributed by atoms with E-state index < -0.39 is 0 Å². The maximum Gasteiger partial charge on any atom is 0.225 e. The second-order valence-electron chi connectivity index (χ2n) is 1.85. The zero-order valence-corrected chi connectivity index (χ0v) is 5.82. The Balaban J connectivity index is 2.69. The van der Waals surface area contributed by atoms with E-state index in [2.05, 4.69) is 0 Å². The molecule has 0 bridgehead atoms. The highest BCUT2D eigenvalue weighted by Gasteiger charge is 1.95. The molecule has 0 saturated carbocycles. The maximum absolute atomic E-state index is 8.79. The third-order valence-corrected chi connectivity index (χ3v) is 1.09. The highest BCUT2D eigenvalue weighted by molar-refractivity contribution is 5.14. The molecule has 1 aromatic heterocycles. The molecule has 1 N–H and O–H groups in total. The van der Waals surface area contributed by atoms with Crippen molar-refractivity contribution in [3.63, 3.8) is 0 Å². The lowest BCUT2D eigenvalue weighted by Crippen LogP contribution is -2.27. The van der Waals surface area contributed by atoms with E-state index in [1.165, 1.54) is 12.4 Å². The van der Waals surface area contributed by atoms with Crippen LogP contribution in [0.1, 0.15) is 6.92 Å². The van der Waals surface area contributed by atoms with E-state index in [0.29, 0.717) is 6.61 Å². The Morgan fingerprint density at radius 1 is 1.50 bits per heavy atom. The number of hydrogen-bond donors (Lipinski definition) is 1. The first kappa shape index (κ1) is 6.86. The number of rotatable bonds is 2. The average Bonchev–Trinajstić information content (AvgIpc) is 1.95. The van der Waals surface area contributed by atoms with Crippen molar-refractivity contribution in [2.45, 2.75) is 6.92 Å². The Kier molecular flexibility index (Phi) is 2.10. The first-order chi connectivity index (χ1) is 4.83. The second kappa shape index (κ2) is 3.06. The summed E-state index contributed by atoms with van der Waals surface area (Å²) in [6, 6.07) is 3.40. The summed E-state index contributed by atoms with van der Waals surface area (Å²) in [6.45, 7) is 2.56. The third-order valence-electron chi connectivity index (χ3n) is 1.09. The van der Waals surface area contributed by atoms with Crippen molar-refractivity contribution >= 4 is 0 Å². The highest BCUT2D eigenvalue weighted by Crippen LogP contribution is 2.04. The molecule has 0 fully saturated rings. The van der Waals surface area contributed by atoms with Crippen molar-refractivity contribution in [1.82, 2.24) is 0 Å². The van der Waals surface area contributed by atoms with Crippen molar-refractivity contribution in [3.8, 4) is 5.75 Å². The van der Waals surface area contributed by atoms with Crippen molar-refractivity contribution in [2.24, 2.45) is 0 Å². The van der Waals surface area contributed by atoms with Crippen LogP contribution in [-0.4, -0.2) is 11.8 Å². The fourth-order valence-corrected chi connectivity index (χ4v) is 0.668. The molecule has 0 radical (unpaired) electrons. The number of nitrogens with zero attached hydrogens (tertiary/aromatic N) is 1. The summed E-state index contributed by atoms with van der Waals surface area (Å²) < 4.78 is 6.11. The van der Waals surface area contributed by atoms with E-state index in [0.717, 1.165) is 10.5 Å². The largest absolute Gasteiger partial charge is 0.493 e. The third kappa shape index (κ3) is 1.62. The fraction of sp³-hybridized carbons (Fsp3) is 0.286. The molecule has 1 aromatic rings. The van der Waals surface area contributed by atoms with Crippen LogP contribution in [0.3, 0.4) is 0 Å². The van der Waals surface area contributed by atoms with Crippen LogP contribution < -0.4 is 9.47 Å². The highest BCUT2D eigenvalue weighted by atomic mass is 16.5. The molecule has 54 valence electrons. The lowest BCUT2D eigenvalue weighted by atomic mass is 10.4. The van der Waals surface area contributed by atoms with Gasteiger partial charge in [-0.05, 0) is 6.92 Å². The predicted molar refractivity (Wildman–Crippen MR) is 35.0 cm³/mol. The molecule has 0 saturated heterocycles. The molecule has 0 aliphatic rings. The van der Waals surface area contributed by atoms with E-state index in [4.69, 9.17) is 9.94 Å². The number of aromatic nitrogens is 1. The van der Waals surface area contributed by atoms with E-state index in [1.54, 1.807) is 12.1 Å². The molecule has 0 aliphatic heterocycles. The molecule has 0 unspecified atom stereocenters. The van der Waals surface area contributed by atoms with E-state index >= 15 is 0 Å². The van der Waals surface area contributed by atoms with Gasteiger partial charge in [-0.25, -0.2) is 0 Å². The van der Waals surface area contributed by atoms with Gasteiger partial charge in [-0.15, -0.1) is 0 Å². The Hall–Kier alpha value is -1.25. The molecule has 1 heterocycles. The van der Waals surface area contributed by atoms with Crippen molar-refractivity contribution in [2.75, 3.05) is 6.61 Å². The summed E-state index contributed by atoms with van der Waals surface area (Å²) in [5.74, 6) is 0.771. The van der Waals surface area contributed by atoms with Crippen molar-refractivity contribution in [3.05, 3.63) is 24.5 Å². The number of ether oxygens (including phenoxy) is 1. The van der Waals surface area contributed by atoms with Crippen LogP contribution in [0, 0.1) is 0 Å². The van der Waals surface area contributed by atoms with E-state index in [9.17, 15) is 0 Å². The molecule has 0 aliphatic carbocycles. The van der Waals surface area contributed by atoms with Gasteiger partial charge in [0.2, 0.25) is 12.4 Å². The van der Waals surface area contributed by atoms with Gasteiger partial charge in [-0.3, -0.25) is 5.21 Å². The Morgan fingerprint density at radius 3 is 2.60 bits per heavy atom. The van der Waals surface area contributed by atoms with Gasteiger partial charge in [0.25, 0.3) is 0 Å². The summed E-state index contributed by atoms with van der Waals surface area (Å²) in [5, 5.41) is 8.79. The minimum Gasteiger partial charge on any atom is -0.493 e. The smallest absolute Gasteiger partial charge is 0.225 e. The van der Waals surface area contributed by atoms with Gasteiger partial charge in [0.1, 0.15) is 5.75 Å². The van der Waals surface area contributed by atoms with Crippen LogP contribution >= 0.6 is 0 Å². The Labute approximate surface area is 59.5 Å². The van der Waals surface area contributed by atoms with Crippen molar-refractivity contribution in [1.29, 1.82) is 0 Å². The molecule has 3 nitrogen and oxygen atoms in total. The minimum atomic E-state index is 0.648. The summed E-state index contributed by atoms with van der Waals surface area (Å²) in [5.41, 5.74) is 0. The van der Waals surface area contributed by atoms with Gasteiger partial charge >= 0.3 is 0 Å². The average molecular weight is 140 g/mol. The van der Waals surface area contributed by atoms with Gasteiger partial charge in [0.15, 0.2) is 0 Å². The Morgan fingerprint density at radius 2 is 2.10 bits per heavy atom. The standard InChI is InChI=1S/C7H10NO2/c1-2-10-7-3-5-8(9)6-4-7/h3-6,9H,2H2,1H3/q+1. The van der Waals surface area contributed by atoms with Gasteiger partial charge < -0.3 is 4.74 Å². The SMILES string of the molecule is CCOc1cc[n+](O)cc1. The zero-order chi connectivity index (χ0) is 7.40. The lowest BCUT2D eigenvalue weighted by Gasteiger charge is -1.97. The first-order valence-corrected chi connectivity index (χ1v) is 3.16. The van der Waals surface area contributed by atoms with Crippen LogP contribution in [0.15, 0.2) is 24.5 Å². The summed E-state index contributed by atoms with van der Waals surface area (Å²) in [7, 11) is 0. The van der Waals surface area contributed by atoms with Crippen LogP contribution in [0.5, 0.6) is 5.75 Å². The molecule has 3 heteroatoms. The topological polar surface area (TPSA) is 33.3 Å². The van der Waals surface area contributed by atoms with Crippen LogP contribution in [-0.2, 0) is 0 Å². The molecule has 0 aromatic carbocycles. The second-order valence-corrected chi connectivity index (χ2v) is 1.85. The molecular formula is C7H10NO2+. The minimum absolute atomic E-state index is 0.648. The predicted octanol–water partition coefficient (Wildman–Crippen LogP) is 0.610. The molecule has 0 spiro atoms. The normalized spacial score (nSPS) is 9.30. The number of pyridine rings is 1. The summed E-state index contributed by atoms with van der Waals surface area (Å²) in [4.78, 5) is 0. The monoisotopic (exact) mass is 140 g/mol. The molecular weight excluding hydrogens is 130 g/mol. The van der Waals surface area contributed by atoms with Gasteiger partial charge in [-0.1, -0.05) is 0 Å². The van der Waals surface area contributed by atoms with Crippen LogP contribution in [0.25, 0.3) is 0 Å². The van der Waals surface area contributed by atoms with Gasteiger partial charge in [0.05, 0.1) is 6.61 Å². The lowest BCUT2D eigenvalue weighted by molar-refractivity contribution is -0.904. The van der Waals surface area contributed by atoms with Gasteiger partial charge in [0, 0.05) is 16.9 Å². The summed E-state index contributed by atoms with van der Waals surface area (Å²) >= 11 is 0. The fourth-order valence-electron chi connectivity index (χ4n) is 0.668. The van der Waals surface area contributed by atoms with Crippen molar-refractivity contribution < 1.29 is 14.7 Å². The van der Waals surface area contributed by atoms with E-state index in [-0.39, 0.29) is 0 Å². The van der Waals surface area contributed by atoms with E-state index in [1.807, 2.05) is 6.92 Å². The molecule has 10 heavy (non-hydrogen) atoms. The van der Waals surface area contributed by atoms with Crippen LogP contribution in [0.2, 0.25) is 0 Å². The maximum atomic E-state index is 8.79. The molecule has 0 amide bonds. The first-order valence-electron chi connectivity index (χ1n) is 3.16. The zero-order valence-electron chi connectivity index (χ0n) is 5.82. The summed E-state index contributed by atoms with van der Waals surface area (Å²) in [6.07, 6.45) is 3.04. The van der Waals surface area contributed by atoms with Gasteiger partial charge in [-0.2, -0.15) is 0 Å².